The number of hydrogen-bond acceptors (Lipinski definition) is 3. The lowest BCUT2D eigenvalue weighted by molar-refractivity contribution is 0.288. The van der Waals surface area contributed by atoms with Crippen molar-refractivity contribution in [2.45, 2.75) is 45.4 Å². The molecule has 3 atom stereocenters. The molecule has 2 heterocycles. The van der Waals surface area contributed by atoms with E-state index in [9.17, 15) is 0 Å². The summed E-state index contributed by atoms with van der Waals surface area (Å²) < 4.78 is 2.09. The van der Waals surface area contributed by atoms with E-state index < -0.39 is 0 Å². The van der Waals surface area contributed by atoms with Crippen LogP contribution in [-0.4, -0.2) is 33.8 Å². The summed E-state index contributed by atoms with van der Waals surface area (Å²) in [6.07, 6.45) is 4.62. The van der Waals surface area contributed by atoms with Gasteiger partial charge in [-0.25, -0.2) is 0 Å². The lowest BCUT2D eigenvalue weighted by Gasteiger charge is -2.22. The van der Waals surface area contributed by atoms with E-state index in [2.05, 4.69) is 63.3 Å². The first-order valence-corrected chi connectivity index (χ1v) is 9.34. The van der Waals surface area contributed by atoms with Crippen LogP contribution >= 0.6 is 0 Å². The van der Waals surface area contributed by atoms with Crippen molar-refractivity contribution in [3.63, 3.8) is 0 Å². The summed E-state index contributed by atoms with van der Waals surface area (Å²) in [7, 11) is 0. The Morgan fingerprint density at radius 1 is 1.12 bits per heavy atom. The molecule has 24 heavy (non-hydrogen) atoms. The van der Waals surface area contributed by atoms with Gasteiger partial charge in [0.05, 0.1) is 5.69 Å². The molecule has 1 saturated heterocycles. The van der Waals surface area contributed by atoms with Crippen LogP contribution in [0.15, 0.2) is 42.6 Å². The third-order valence-corrected chi connectivity index (χ3v) is 5.83. The van der Waals surface area contributed by atoms with Crippen LogP contribution in [0.4, 0.5) is 0 Å². The molecule has 1 aliphatic carbocycles. The highest BCUT2D eigenvalue weighted by Crippen LogP contribution is 2.38. The number of nitrogens with one attached hydrogen (secondary N) is 1. The molecule has 4 heteroatoms. The van der Waals surface area contributed by atoms with E-state index >= 15 is 0 Å². The third kappa shape index (κ3) is 3.26. The molecular formula is C20H28N4. The number of likely N-dealkylation sites (tertiary alicyclic amines) is 1. The zero-order chi connectivity index (χ0) is 16.4. The predicted molar refractivity (Wildman–Crippen MR) is 96.5 cm³/mol. The van der Waals surface area contributed by atoms with E-state index in [1.807, 2.05) is 6.20 Å². The highest BCUT2D eigenvalue weighted by Gasteiger charge is 2.42. The molecule has 1 aromatic heterocycles. The molecule has 128 valence electrons. The Morgan fingerprint density at radius 3 is 2.83 bits per heavy atom. The number of benzene rings is 1. The van der Waals surface area contributed by atoms with E-state index in [1.54, 1.807) is 0 Å². The molecule has 0 spiro atoms. The molecule has 4 rings (SSSR count). The standard InChI is InChI=1S/C20H28N4/c1-2-24-18(10-11-22-24)12-21-20-9-8-17-14-23(15-19(17)20)13-16-6-4-3-5-7-16/h3-7,10-11,17,19-21H,2,8-9,12-15H2,1H3/t17-,19+,20+/m0/s1. The molecule has 1 N–H and O–H groups in total. The second kappa shape index (κ2) is 7.08. The second-order valence-corrected chi connectivity index (χ2v) is 7.31. The Labute approximate surface area is 144 Å². The quantitative estimate of drug-likeness (QED) is 0.887. The largest absolute Gasteiger partial charge is 0.308 e. The summed E-state index contributed by atoms with van der Waals surface area (Å²) in [5.74, 6) is 1.69. The van der Waals surface area contributed by atoms with Gasteiger partial charge in [-0.2, -0.15) is 5.10 Å². The lowest BCUT2D eigenvalue weighted by atomic mass is 9.98. The fraction of sp³-hybridized carbons (Fsp3) is 0.550. The first kappa shape index (κ1) is 15.9. The Balaban J connectivity index is 1.33. The molecule has 0 radical (unpaired) electrons. The van der Waals surface area contributed by atoms with Crippen LogP contribution in [0.1, 0.15) is 31.0 Å². The molecule has 0 bridgehead atoms. The van der Waals surface area contributed by atoms with Crippen LogP contribution in [0, 0.1) is 11.8 Å². The van der Waals surface area contributed by atoms with E-state index in [4.69, 9.17) is 0 Å². The van der Waals surface area contributed by atoms with Crippen LogP contribution in [-0.2, 0) is 19.6 Å². The molecule has 1 aromatic carbocycles. The molecule has 0 amide bonds. The van der Waals surface area contributed by atoms with Gasteiger partial charge in [0, 0.05) is 45.0 Å². The summed E-state index contributed by atoms with van der Waals surface area (Å²) in [4.78, 5) is 2.65. The average molecular weight is 324 g/mol. The second-order valence-electron chi connectivity index (χ2n) is 7.31. The van der Waals surface area contributed by atoms with Gasteiger partial charge in [0.15, 0.2) is 0 Å². The van der Waals surface area contributed by atoms with Crippen LogP contribution in [0.5, 0.6) is 0 Å². The highest BCUT2D eigenvalue weighted by molar-refractivity contribution is 5.15. The van der Waals surface area contributed by atoms with Crippen molar-refractivity contribution in [2.24, 2.45) is 11.8 Å². The molecule has 2 aliphatic rings. The SMILES string of the molecule is CCn1nccc1CN[C@@H]1CC[C@H]2CN(Cc3ccccc3)C[C@H]21. The van der Waals surface area contributed by atoms with E-state index in [0.29, 0.717) is 6.04 Å². The van der Waals surface area contributed by atoms with Crippen LogP contribution in [0.2, 0.25) is 0 Å². The van der Waals surface area contributed by atoms with Gasteiger partial charge in [-0.1, -0.05) is 30.3 Å². The molecule has 2 fully saturated rings. The summed E-state index contributed by atoms with van der Waals surface area (Å²) >= 11 is 0. The van der Waals surface area contributed by atoms with Crippen LogP contribution < -0.4 is 5.32 Å². The topological polar surface area (TPSA) is 33.1 Å². The Hall–Kier alpha value is -1.65. The summed E-state index contributed by atoms with van der Waals surface area (Å²) in [5, 5.41) is 8.20. The Morgan fingerprint density at radius 2 is 2.00 bits per heavy atom. The van der Waals surface area contributed by atoms with E-state index in [-0.39, 0.29) is 0 Å². The maximum Gasteiger partial charge on any atom is 0.0522 e. The lowest BCUT2D eigenvalue weighted by Crippen LogP contribution is -2.35. The molecule has 0 unspecified atom stereocenters. The van der Waals surface area contributed by atoms with Crippen molar-refractivity contribution in [3.8, 4) is 0 Å². The van der Waals surface area contributed by atoms with Gasteiger partial charge < -0.3 is 5.32 Å². The number of nitrogens with zero attached hydrogens (tertiary/aromatic N) is 3. The first-order chi connectivity index (χ1) is 11.8. The Kier molecular flexibility index (Phi) is 4.67. The van der Waals surface area contributed by atoms with Crippen molar-refractivity contribution >= 4 is 0 Å². The highest BCUT2D eigenvalue weighted by atomic mass is 15.3. The van der Waals surface area contributed by atoms with Crippen LogP contribution in [0.3, 0.4) is 0 Å². The van der Waals surface area contributed by atoms with Gasteiger partial charge in [-0.15, -0.1) is 0 Å². The zero-order valence-corrected chi connectivity index (χ0v) is 14.6. The fourth-order valence-electron chi connectivity index (χ4n) is 4.61. The van der Waals surface area contributed by atoms with Crippen molar-refractivity contribution in [2.75, 3.05) is 13.1 Å². The van der Waals surface area contributed by atoms with Gasteiger partial charge >= 0.3 is 0 Å². The number of hydrogen-bond donors (Lipinski definition) is 1. The minimum absolute atomic E-state index is 0.663. The van der Waals surface area contributed by atoms with Gasteiger partial charge in [0.1, 0.15) is 0 Å². The minimum atomic E-state index is 0.663. The monoisotopic (exact) mass is 324 g/mol. The van der Waals surface area contributed by atoms with Gasteiger partial charge in [-0.05, 0) is 43.2 Å². The maximum absolute atomic E-state index is 4.37. The summed E-state index contributed by atoms with van der Waals surface area (Å²) in [6, 6.07) is 13.7. The number of rotatable bonds is 6. The summed E-state index contributed by atoms with van der Waals surface area (Å²) in [6.45, 7) is 7.66. The minimum Gasteiger partial charge on any atom is -0.308 e. The predicted octanol–water partition coefficient (Wildman–Crippen LogP) is 2.90. The van der Waals surface area contributed by atoms with Crippen molar-refractivity contribution in [1.29, 1.82) is 0 Å². The number of fused-ring (bicyclic) bond motifs is 1. The smallest absolute Gasteiger partial charge is 0.0522 e. The molecule has 1 saturated carbocycles. The van der Waals surface area contributed by atoms with Crippen molar-refractivity contribution < 1.29 is 0 Å². The van der Waals surface area contributed by atoms with Gasteiger partial charge in [0.2, 0.25) is 0 Å². The first-order valence-electron chi connectivity index (χ1n) is 9.34. The normalized spacial score (nSPS) is 26.8. The number of aromatic nitrogens is 2. The maximum atomic E-state index is 4.37. The molecule has 2 aromatic rings. The third-order valence-electron chi connectivity index (χ3n) is 5.83. The van der Waals surface area contributed by atoms with Crippen molar-refractivity contribution in [3.05, 3.63) is 53.9 Å². The van der Waals surface area contributed by atoms with E-state index in [1.165, 1.54) is 37.2 Å². The van der Waals surface area contributed by atoms with E-state index in [0.717, 1.165) is 31.5 Å². The molecular weight excluding hydrogens is 296 g/mol. The molecule has 1 aliphatic heterocycles. The van der Waals surface area contributed by atoms with Crippen molar-refractivity contribution in [1.82, 2.24) is 20.0 Å². The summed E-state index contributed by atoms with van der Waals surface area (Å²) in [5.41, 5.74) is 2.74. The zero-order valence-electron chi connectivity index (χ0n) is 14.6. The number of aryl methyl sites for hydroxylation is 1. The Bertz CT molecular complexity index is 651. The van der Waals surface area contributed by atoms with Gasteiger partial charge in [-0.3, -0.25) is 9.58 Å². The fourth-order valence-corrected chi connectivity index (χ4v) is 4.61. The molecule has 4 nitrogen and oxygen atoms in total. The average Bonchev–Trinajstić information content (AvgIpc) is 3.29. The van der Waals surface area contributed by atoms with Crippen LogP contribution in [0.25, 0.3) is 0 Å². The van der Waals surface area contributed by atoms with Gasteiger partial charge in [0.25, 0.3) is 0 Å².